The van der Waals surface area contributed by atoms with Gasteiger partial charge in [0.15, 0.2) is 0 Å². The summed E-state index contributed by atoms with van der Waals surface area (Å²) in [6, 6.07) is 7.91. The normalized spacial score (nSPS) is 16.2. The SMILES string of the molecule is C#CCNC(=O)C1(c2ccc(Br)cc2)CC1. The van der Waals surface area contributed by atoms with Gasteiger partial charge in [-0.1, -0.05) is 34.0 Å². The smallest absolute Gasteiger partial charge is 0.231 e. The third kappa shape index (κ3) is 1.98. The number of carbonyl (C=O) groups excluding carboxylic acids is 1. The van der Waals surface area contributed by atoms with E-state index >= 15 is 0 Å². The molecule has 1 aromatic carbocycles. The fraction of sp³-hybridized carbons (Fsp3) is 0.308. The maximum absolute atomic E-state index is 12.0. The van der Waals surface area contributed by atoms with Gasteiger partial charge in [-0.25, -0.2) is 0 Å². The first kappa shape index (κ1) is 11.2. The zero-order valence-corrected chi connectivity index (χ0v) is 10.4. The molecule has 2 rings (SSSR count). The highest BCUT2D eigenvalue weighted by Gasteiger charge is 2.50. The first-order valence-electron chi connectivity index (χ1n) is 5.17. The summed E-state index contributed by atoms with van der Waals surface area (Å²) in [5, 5.41) is 2.76. The Balaban J connectivity index is 2.17. The van der Waals surface area contributed by atoms with Crippen molar-refractivity contribution >= 4 is 21.8 Å². The maximum atomic E-state index is 12.0. The van der Waals surface area contributed by atoms with Crippen LogP contribution in [-0.2, 0) is 10.2 Å². The van der Waals surface area contributed by atoms with Crippen molar-refractivity contribution in [1.82, 2.24) is 5.32 Å². The van der Waals surface area contributed by atoms with Crippen molar-refractivity contribution in [3.05, 3.63) is 34.3 Å². The number of terminal acetylenes is 1. The van der Waals surface area contributed by atoms with E-state index in [1.165, 1.54) is 0 Å². The Bertz CT molecular complexity index is 440. The van der Waals surface area contributed by atoms with E-state index in [9.17, 15) is 4.79 Å². The van der Waals surface area contributed by atoms with Gasteiger partial charge in [0.1, 0.15) is 0 Å². The average molecular weight is 278 g/mol. The van der Waals surface area contributed by atoms with Crippen LogP contribution in [0.4, 0.5) is 0 Å². The monoisotopic (exact) mass is 277 g/mol. The Kier molecular flexibility index (Phi) is 3.02. The average Bonchev–Trinajstić information content (AvgIpc) is 3.08. The third-order valence-corrected chi connectivity index (χ3v) is 3.46. The molecule has 2 nitrogen and oxygen atoms in total. The molecule has 1 aliphatic rings. The van der Waals surface area contributed by atoms with Crippen molar-refractivity contribution in [2.45, 2.75) is 18.3 Å². The molecule has 16 heavy (non-hydrogen) atoms. The van der Waals surface area contributed by atoms with Crippen LogP contribution in [0.25, 0.3) is 0 Å². The van der Waals surface area contributed by atoms with Gasteiger partial charge in [-0.3, -0.25) is 4.79 Å². The molecule has 0 saturated heterocycles. The number of hydrogen-bond acceptors (Lipinski definition) is 1. The van der Waals surface area contributed by atoms with Crippen molar-refractivity contribution in [1.29, 1.82) is 0 Å². The zero-order chi connectivity index (χ0) is 11.6. The van der Waals surface area contributed by atoms with E-state index in [-0.39, 0.29) is 11.3 Å². The quantitative estimate of drug-likeness (QED) is 0.844. The first-order chi connectivity index (χ1) is 7.69. The second-order valence-electron chi connectivity index (χ2n) is 3.98. The lowest BCUT2D eigenvalue weighted by molar-refractivity contribution is -0.123. The van der Waals surface area contributed by atoms with E-state index < -0.39 is 0 Å². The van der Waals surface area contributed by atoms with Crippen molar-refractivity contribution < 1.29 is 4.79 Å². The number of hydrogen-bond donors (Lipinski definition) is 1. The second kappa shape index (κ2) is 4.31. The molecule has 1 N–H and O–H groups in total. The van der Waals surface area contributed by atoms with Crippen LogP contribution >= 0.6 is 15.9 Å². The molecule has 0 aliphatic heterocycles. The molecule has 1 amide bonds. The number of benzene rings is 1. The molecule has 0 heterocycles. The summed E-state index contributed by atoms with van der Waals surface area (Å²) in [6.45, 7) is 0.303. The number of nitrogens with one attached hydrogen (secondary N) is 1. The number of amides is 1. The predicted molar refractivity (Wildman–Crippen MR) is 66.9 cm³/mol. The van der Waals surface area contributed by atoms with Crippen LogP contribution in [0, 0.1) is 12.3 Å². The zero-order valence-electron chi connectivity index (χ0n) is 8.79. The fourth-order valence-electron chi connectivity index (χ4n) is 1.84. The van der Waals surface area contributed by atoms with E-state index in [1.807, 2.05) is 24.3 Å². The van der Waals surface area contributed by atoms with Crippen molar-refractivity contribution in [3.8, 4) is 12.3 Å². The van der Waals surface area contributed by atoms with Gasteiger partial charge in [-0.15, -0.1) is 6.42 Å². The lowest BCUT2D eigenvalue weighted by Gasteiger charge is -2.14. The van der Waals surface area contributed by atoms with E-state index in [0.717, 1.165) is 22.9 Å². The maximum Gasteiger partial charge on any atom is 0.231 e. The minimum Gasteiger partial charge on any atom is -0.344 e. The van der Waals surface area contributed by atoms with Crippen molar-refractivity contribution in [3.63, 3.8) is 0 Å². The highest BCUT2D eigenvalue weighted by Crippen LogP contribution is 2.48. The van der Waals surface area contributed by atoms with Crippen LogP contribution in [0.3, 0.4) is 0 Å². The lowest BCUT2D eigenvalue weighted by atomic mass is 9.95. The second-order valence-corrected chi connectivity index (χ2v) is 4.89. The highest BCUT2D eigenvalue weighted by atomic mass is 79.9. The van der Waals surface area contributed by atoms with Gasteiger partial charge in [0.2, 0.25) is 5.91 Å². The summed E-state index contributed by atoms with van der Waals surface area (Å²) >= 11 is 3.38. The van der Waals surface area contributed by atoms with Gasteiger partial charge in [0.05, 0.1) is 12.0 Å². The summed E-state index contributed by atoms with van der Waals surface area (Å²) in [4.78, 5) is 12.0. The Morgan fingerprint density at radius 2 is 2.06 bits per heavy atom. The molecule has 0 bridgehead atoms. The predicted octanol–water partition coefficient (Wildman–Crippen LogP) is 2.23. The van der Waals surface area contributed by atoms with E-state index in [0.29, 0.717) is 6.54 Å². The largest absolute Gasteiger partial charge is 0.344 e. The molecular weight excluding hydrogens is 266 g/mol. The molecule has 1 saturated carbocycles. The molecule has 82 valence electrons. The summed E-state index contributed by atoms with van der Waals surface area (Å²) in [5.74, 6) is 2.47. The van der Waals surface area contributed by atoms with Crippen molar-refractivity contribution in [2.24, 2.45) is 0 Å². The first-order valence-corrected chi connectivity index (χ1v) is 5.96. The Morgan fingerprint density at radius 1 is 1.44 bits per heavy atom. The van der Waals surface area contributed by atoms with Crippen LogP contribution in [-0.4, -0.2) is 12.5 Å². The number of rotatable bonds is 3. The third-order valence-electron chi connectivity index (χ3n) is 2.93. The van der Waals surface area contributed by atoms with E-state index in [2.05, 4.69) is 27.2 Å². The summed E-state index contributed by atoms with van der Waals surface area (Å²) in [5.41, 5.74) is 0.752. The molecule has 0 unspecified atom stereocenters. The molecule has 3 heteroatoms. The lowest BCUT2D eigenvalue weighted by Crippen LogP contribution is -2.34. The number of halogens is 1. The van der Waals surface area contributed by atoms with Crippen LogP contribution in [0.5, 0.6) is 0 Å². The van der Waals surface area contributed by atoms with Crippen molar-refractivity contribution in [2.75, 3.05) is 6.54 Å². The van der Waals surface area contributed by atoms with E-state index in [4.69, 9.17) is 6.42 Å². The van der Waals surface area contributed by atoms with Gasteiger partial charge < -0.3 is 5.32 Å². The molecule has 1 aliphatic carbocycles. The Labute approximate surface area is 104 Å². The van der Waals surface area contributed by atoms with Crippen LogP contribution in [0.15, 0.2) is 28.7 Å². The van der Waals surface area contributed by atoms with Gasteiger partial charge >= 0.3 is 0 Å². The topological polar surface area (TPSA) is 29.1 Å². The molecule has 1 aromatic rings. The number of carbonyl (C=O) groups is 1. The summed E-state index contributed by atoms with van der Waals surface area (Å²) in [7, 11) is 0. The highest BCUT2D eigenvalue weighted by molar-refractivity contribution is 9.10. The van der Waals surface area contributed by atoms with Gasteiger partial charge in [0, 0.05) is 4.47 Å². The molecule has 0 aromatic heterocycles. The molecule has 0 radical (unpaired) electrons. The van der Waals surface area contributed by atoms with Gasteiger partial charge in [-0.2, -0.15) is 0 Å². The fourth-order valence-corrected chi connectivity index (χ4v) is 2.11. The minimum absolute atomic E-state index is 0.0489. The Morgan fingerprint density at radius 3 is 2.56 bits per heavy atom. The van der Waals surface area contributed by atoms with Crippen LogP contribution in [0.2, 0.25) is 0 Å². The molecular formula is C13H12BrNO. The van der Waals surface area contributed by atoms with Crippen LogP contribution in [0.1, 0.15) is 18.4 Å². The van der Waals surface area contributed by atoms with Crippen LogP contribution < -0.4 is 5.32 Å². The molecule has 0 spiro atoms. The minimum atomic E-state index is -0.322. The van der Waals surface area contributed by atoms with Gasteiger partial charge in [0.25, 0.3) is 0 Å². The van der Waals surface area contributed by atoms with Gasteiger partial charge in [-0.05, 0) is 30.5 Å². The Hall–Kier alpha value is -1.27. The molecule has 0 atom stereocenters. The van der Waals surface area contributed by atoms with E-state index in [1.54, 1.807) is 0 Å². The summed E-state index contributed by atoms with van der Waals surface area (Å²) in [6.07, 6.45) is 6.94. The summed E-state index contributed by atoms with van der Waals surface area (Å²) < 4.78 is 1.02. The molecule has 1 fully saturated rings. The standard InChI is InChI=1S/C13H12BrNO/c1-2-9-15-12(16)13(7-8-13)10-3-5-11(14)6-4-10/h1,3-6H,7-9H2,(H,15,16).